The average molecular weight is 605 g/mol. The molecule has 0 unspecified atom stereocenters. The van der Waals surface area contributed by atoms with Crippen LogP contribution in [0.1, 0.15) is 174 Å². The van der Waals surface area contributed by atoms with Gasteiger partial charge in [0.25, 0.3) is 0 Å². The van der Waals surface area contributed by atoms with Gasteiger partial charge in [-0.3, -0.25) is 9.59 Å². The van der Waals surface area contributed by atoms with Crippen LogP contribution in [0.3, 0.4) is 0 Å². The van der Waals surface area contributed by atoms with E-state index in [9.17, 15) is 14.7 Å². The summed E-state index contributed by atoms with van der Waals surface area (Å²) in [4.78, 5) is 24.2. The molecule has 0 saturated heterocycles. The van der Waals surface area contributed by atoms with Crippen LogP contribution in [0.15, 0.2) is 36.5 Å². The van der Waals surface area contributed by atoms with E-state index >= 15 is 0 Å². The third-order valence-electron chi connectivity index (χ3n) is 7.70. The molecular formula is C38H68O5. The second kappa shape index (κ2) is 34.6. The summed E-state index contributed by atoms with van der Waals surface area (Å²) < 4.78 is 10.6. The lowest BCUT2D eigenvalue weighted by molar-refractivity contribution is -0.161. The summed E-state index contributed by atoms with van der Waals surface area (Å²) in [5.41, 5.74) is 0. The third-order valence-corrected chi connectivity index (χ3v) is 7.70. The van der Waals surface area contributed by atoms with E-state index < -0.39 is 6.10 Å². The fourth-order valence-corrected chi connectivity index (χ4v) is 4.98. The Labute approximate surface area is 266 Å². The molecule has 0 aliphatic rings. The predicted octanol–water partition coefficient (Wildman–Crippen LogP) is 10.9. The number of aliphatic hydroxyl groups excluding tert-OH is 1. The Morgan fingerprint density at radius 1 is 0.558 bits per heavy atom. The Kier molecular flexibility index (Phi) is 33.1. The van der Waals surface area contributed by atoms with Gasteiger partial charge in [0.1, 0.15) is 6.61 Å². The fourth-order valence-electron chi connectivity index (χ4n) is 4.98. The summed E-state index contributed by atoms with van der Waals surface area (Å²) in [6.07, 6.45) is 40.5. The van der Waals surface area contributed by atoms with E-state index in [2.05, 4.69) is 50.3 Å². The minimum Gasteiger partial charge on any atom is -0.462 e. The summed E-state index contributed by atoms with van der Waals surface area (Å²) in [7, 11) is 0. The molecule has 5 heteroatoms. The Balaban J connectivity index is 3.59. The van der Waals surface area contributed by atoms with Crippen LogP contribution in [0.5, 0.6) is 0 Å². The number of carbonyl (C=O) groups is 2. The summed E-state index contributed by atoms with van der Waals surface area (Å²) in [5, 5.41) is 9.52. The minimum atomic E-state index is -0.774. The maximum atomic E-state index is 12.1. The van der Waals surface area contributed by atoms with Gasteiger partial charge in [0.15, 0.2) is 6.10 Å². The van der Waals surface area contributed by atoms with Crippen molar-refractivity contribution < 1.29 is 24.2 Å². The van der Waals surface area contributed by atoms with E-state index in [1.165, 1.54) is 83.5 Å². The van der Waals surface area contributed by atoms with Gasteiger partial charge in [0, 0.05) is 12.8 Å². The van der Waals surface area contributed by atoms with Crippen molar-refractivity contribution in [2.45, 2.75) is 180 Å². The zero-order valence-electron chi connectivity index (χ0n) is 28.2. The molecule has 0 aliphatic heterocycles. The molecule has 1 atom stereocenters. The molecule has 0 fully saturated rings. The van der Waals surface area contributed by atoms with Gasteiger partial charge in [0.05, 0.1) is 6.61 Å². The SMILES string of the molecule is CC/C=C/C/C=C/C/C=C/CCCCCCCC(=O)OC[C@H](CO)OC(=O)CCCCCCCCCCCCCCCC. The molecule has 0 aromatic rings. The Morgan fingerprint density at radius 2 is 1.00 bits per heavy atom. The normalized spacial score (nSPS) is 12.5. The molecule has 0 aliphatic carbocycles. The van der Waals surface area contributed by atoms with Crippen molar-refractivity contribution in [3.05, 3.63) is 36.5 Å². The number of esters is 2. The van der Waals surface area contributed by atoms with Crippen LogP contribution < -0.4 is 0 Å². The highest BCUT2D eigenvalue weighted by Crippen LogP contribution is 2.14. The van der Waals surface area contributed by atoms with Crippen LogP contribution >= 0.6 is 0 Å². The van der Waals surface area contributed by atoms with Crippen molar-refractivity contribution in [3.63, 3.8) is 0 Å². The average Bonchev–Trinajstić information content (AvgIpc) is 3.01. The molecule has 250 valence electrons. The van der Waals surface area contributed by atoms with Crippen LogP contribution in [0.4, 0.5) is 0 Å². The maximum absolute atomic E-state index is 12.1. The number of allylic oxidation sites excluding steroid dienone is 6. The largest absolute Gasteiger partial charge is 0.462 e. The van der Waals surface area contributed by atoms with Gasteiger partial charge in [-0.1, -0.05) is 153 Å². The highest BCUT2D eigenvalue weighted by atomic mass is 16.6. The van der Waals surface area contributed by atoms with Gasteiger partial charge in [-0.25, -0.2) is 0 Å². The van der Waals surface area contributed by atoms with E-state index in [0.29, 0.717) is 12.8 Å². The lowest BCUT2D eigenvalue weighted by Gasteiger charge is -2.15. The zero-order chi connectivity index (χ0) is 31.5. The van der Waals surface area contributed by atoms with Crippen LogP contribution in [-0.4, -0.2) is 36.4 Å². The summed E-state index contributed by atoms with van der Waals surface area (Å²) in [6.45, 7) is 4.00. The first-order chi connectivity index (χ1) is 21.1. The molecule has 0 aromatic carbocycles. The number of rotatable bonds is 32. The fraction of sp³-hybridized carbons (Fsp3) is 0.789. The number of hydrogen-bond acceptors (Lipinski definition) is 5. The lowest BCUT2D eigenvalue weighted by Crippen LogP contribution is -2.28. The lowest BCUT2D eigenvalue weighted by atomic mass is 10.0. The molecular weight excluding hydrogens is 536 g/mol. The minimum absolute atomic E-state index is 0.0726. The molecule has 1 N–H and O–H groups in total. The number of unbranched alkanes of at least 4 members (excludes halogenated alkanes) is 18. The van der Waals surface area contributed by atoms with Gasteiger partial charge in [0.2, 0.25) is 0 Å². The molecule has 0 radical (unpaired) electrons. The van der Waals surface area contributed by atoms with Gasteiger partial charge < -0.3 is 14.6 Å². The number of carbonyl (C=O) groups excluding carboxylic acids is 2. The predicted molar refractivity (Wildman–Crippen MR) is 182 cm³/mol. The van der Waals surface area contributed by atoms with Crippen LogP contribution in [0.2, 0.25) is 0 Å². The molecule has 0 aromatic heterocycles. The summed E-state index contributed by atoms with van der Waals surface area (Å²) >= 11 is 0. The van der Waals surface area contributed by atoms with E-state index in [1.807, 2.05) is 0 Å². The van der Waals surface area contributed by atoms with E-state index in [4.69, 9.17) is 9.47 Å². The first kappa shape index (κ1) is 41.1. The number of aliphatic hydroxyl groups is 1. The van der Waals surface area contributed by atoms with E-state index in [1.54, 1.807) is 0 Å². The van der Waals surface area contributed by atoms with Crippen LogP contribution in [-0.2, 0) is 19.1 Å². The van der Waals surface area contributed by atoms with E-state index in [0.717, 1.165) is 64.2 Å². The second-order valence-corrected chi connectivity index (χ2v) is 11.9. The Morgan fingerprint density at radius 3 is 1.51 bits per heavy atom. The van der Waals surface area contributed by atoms with Gasteiger partial charge in [-0.2, -0.15) is 0 Å². The summed E-state index contributed by atoms with van der Waals surface area (Å²) in [6, 6.07) is 0. The molecule has 0 bridgehead atoms. The van der Waals surface area contributed by atoms with Crippen molar-refractivity contribution >= 4 is 11.9 Å². The Bertz CT molecular complexity index is 696. The van der Waals surface area contributed by atoms with E-state index in [-0.39, 0.29) is 25.2 Å². The van der Waals surface area contributed by atoms with Crippen LogP contribution in [0, 0.1) is 0 Å². The Hall–Kier alpha value is -1.88. The standard InChI is InChI=1S/C38H68O5/c1-3-5-7-9-11-13-15-17-19-21-22-24-26-28-30-32-37(40)42-35-36(34-39)43-38(41)33-31-29-27-25-23-20-18-16-14-12-10-8-6-4-2/h5,7,11,13,17,19,36,39H,3-4,6,8-10,12,14-16,18,20-35H2,1-2H3/b7-5+,13-11+,19-17+/t36-/m0/s1. The molecule has 0 amide bonds. The van der Waals surface area contributed by atoms with Crippen molar-refractivity contribution in [1.82, 2.24) is 0 Å². The number of hydrogen-bond donors (Lipinski definition) is 1. The smallest absolute Gasteiger partial charge is 0.306 e. The number of ether oxygens (including phenoxy) is 2. The topological polar surface area (TPSA) is 72.8 Å². The highest BCUT2D eigenvalue weighted by Gasteiger charge is 2.16. The van der Waals surface area contributed by atoms with Crippen molar-refractivity contribution in [2.75, 3.05) is 13.2 Å². The van der Waals surface area contributed by atoms with Gasteiger partial charge >= 0.3 is 11.9 Å². The second-order valence-electron chi connectivity index (χ2n) is 11.9. The highest BCUT2D eigenvalue weighted by molar-refractivity contribution is 5.70. The first-order valence-corrected chi connectivity index (χ1v) is 18.0. The molecule has 0 saturated carbocycles. The van der Waals surface area contributed by atoms with Gasteiger partial charge in [-0.15, -0.1) is 0 Å². The molecule has 0 spiro atoms. The molecule has 5 nitrogen and oxygen atoms in total. The summed E-state index contributed by atoms with van der Waals surface area (Å²) in [5.74, 6) is -0.608. The maximum Gasteiger partial charge on any atom is 0.306 e. The quantitative estimate of drug-likeness (QED) is 0.0470. The van der Waals surface area contributed by atoms with Gasteiger partial charge in [-0.05, 0) is 44.9 Å². The third kappa shape index (κ3) is 32.9. The molecule has 43 heavy (non-hydrogen) atoms. The van der Waals surface area contributed by atoms with Crippen molar-refractivity contribution in [3.8, 4) is 0 Å². The van der Waals surface area contributed by atoms with Crippen molar-refractivity contribution in [2.24, 2.45) is 0 Å². The van der Waals surface area contributed by atoms with Crippen molar-refractivity contribution in [1.29, 1.82) is 0 Å². The first-order valence-electron chi connectivity index (χ1n) is 18.0. The van der Waals surface area contributed by atoms with Crippen LogP contribution in [0.25, 0.3) is 0 Å². The monoisotopic (exact) mass is 605 g/mol. The zero-order valence-corrected chi connectivity index (χ0v) is 28.2. The molecule has 0 rings (SSSR count). The molecule has 0 heterocycles.